The first-order valence-electron chi connectivity index (χ1n) is 6.60. The average molecular weight is 310 g/mol. The first kappa shape index (κ1) is 17.2. The average Bonchev–Trinajstić information content (AvgIpc) is 2.47. The van der Waals surface area contributed by atoms with Crippen molar-refractivity contribution in [3.63, 3.8) is 0 Å². The Labute approximate surface area is 130 Å². The van der Waals surface area contributed by atoms with Gasteiger partial charge in [-0.25, -0.2) is 0 Å². The van der Waals surface area contributed by atoms with Crippen LogP contribution in [0.25, 0.3) is 10.9 Å². The van der Waals surface area contributed by atoms with Crippen molar-refractivity contribution in [1.82, 2.24) is 14.8 Å². The summed E-state index contributed by atoms with van der Waals surface area (Å²) in [7, 11) is 3.64. The number of nitrogens with zero attached hydrogens (tertiary/aromatic N) is 2. The molecule has 0 atom stereocenters. The first-order chi connectivity index (χ1) is 9.63. The van der Waals surface area contributed by atoms with Crippen LogP contribution in [-0.4, -0.2) is 42.6 Å². The van der Waals surface area contributed by atoms with Crippen molar-refractivity contribution in [2.24, 2.45) is 0 Å². The minimum Gasteiger partial charge on any atom is -0.343 e. The van der Waals surface area contributed by atoms with Crippen LogP contribution in [0.4, 0.5) is 0 Å². The first-order valence-corrected chi connectivity index (χ1v) is 6.60. The van der Waals surface area contributed by atoms with Crippen LogP contribution in [0, 0.1) is 0 Å². The number of hydrogen-bond acceptors (Lipinski definition) is 3. The second kappa shape index (κ2) is 7.81. The highest BCUT2D eigenvalue weighted by atomic mass is 35.5. The number of pyridine rings is 1. The van der Waals surface area contributed by atoms with Gasteiger partial charge in [-0.05, 0) is 19.2 Å². The molecule has 2 rings (SSSR count). The number of aromatic nitrogens is 1. The van der Waals surface area contributed by atoms with Crippen LogP contribution in [0.3, 0.4) is 0 Å². The van der Waals surface area contributed by atoms with E-state index in [1.807, 2.05) is 29.8 Å². The van der Waals surface area contributed by atoms with Gasteiger partial charge in [-0.15, -0.1) is 12.4 Å². The molecule has 0 radical (unpaired) electrons. The topological polar surface area (TPSA) is 54.3 Å². The van der Waals surface area contributed by atoms with Gasteiger partial charge < -0.3 is 14.8 Å². The minimum atomic E-state index is -0.0205. The van der Waals surface area contributed by atoms with Crippen molar-refractivity contribution in [3.05, 3.63) is 46.8 Å². The maximum absolute atomic E-state index is 12.1. The Kier molecular flexibility index (Phi) is 6.39. The van der Waals surface area contributed by atoms with E-state index in [0.717, 1.165) is 12.1 Å². The molecule has 0 aliphatic rings. The number of hydrogen-bond donors (Lipinski definition) is 1. The van der Waals surface area contributed by atoms with E-state index < -0.39 is 0 Å². The molecule has 5 nitrogen and oxygen atoms in total. The summed E-state index contributed by atoms with van der Waals surface area (Å²) in [5.41, 5.74) is 0.767. The SMILES string of the molecule is CNCCN(C)C(=O)Cn1ccc(=O)c2ccccc21.Cl. The molecular formula is C15H20ClN3O2. The third-order valence-electron chi connectivity index (χ3n) is 3.31. The van der Waals surface area contributed by atoms with Gasteiger partial charge in [0.25, 0.3) is 0 Å². The Morgan fingerprint density at radius 1 is 1.29 bits per heavy atom. The summed E-state index contributed by atoms with van der Waals surface area (Å²) >= 11 is 0. The number of carbonyl (C=O) groups excluding carboxylic acids is 1. The van der Waals surface area contributed by atoms with Crippen LogP contribution < -0.4 is 10.7 Å². The minimum absolute atomic E-state index is 0. The predicted molar refractivity (Wildman–Crippen MR) is 87.0 cm³/mol. The summed E-state index contributed by atoms with van der Waals surface area (Å²) in [4.78, 5) is 25.6. The second-order valence-corrected chi connectivity index (χ2v) is 4.74. The molecule has 6 heteroatoms. The van der Waals surface area contributed by atoms with Crippen molar-refractivity contribution < 1.29 is 4.79 Å². The number of rotatable bonds is 5. The van der Waals surface area contributed by atoms with Crippen molar-refractivity contribution in [3.8, 4) is 0 Å². The Hall–Kier alpha value is -1.85. The number of para-hydroxylation sites is 1. The molecule has 21 heavy (non-hydrogen) atoms. The number of benzene rings is 1. The number of fused-ring (bicyclic) bond motifs is 1. The zero-order chi connectivity index (χ0) is 14.5. The molecule has 1 aromatic heterocycles. The van der Waals surface area contributed by atoms with Crippen molar-refractivity contribution >= 4 is 29.2 Å². The summed E-state index contributed by atoms with van der Waals surface area (Å²) in [6.45, 7) is 1.65. The predicted octanol–water partition coefficient (Wildman–Crippen LogP) is 1.10. The Morgan fingerprint density at radius 2 is 2.00 bits per heavy atom. The molecule has 1 N–H and O–H groups in total. The number of likely N-dealkylation sites (N-methyl/N-ethyl adjacent to an activating group) is 2. The van der Waals surface area contributed by atoms with Gasteiger partial charge in [-0.2, -0.15) is 0 Å². The highest BCUT2D eigenvalue weighted by molar-refractivity contribution is 5.85. The van der Waals surface area contributed by atoms with E-state index in [4.69, 9.17) is 0 Å². The Bertz CT molecular complexity index is 669. The number of amides is 1. The second-order valence-electron chi connectivity index (χ2n) is 4.74. The van der Waals surface area contributed by atoms with Gasteiger partial charge in [-0.3, -0.25) is 9.59 Å². The van der Waals surface area contributed by atoms with Crippen LogP contribution in [-0.2, 0) is 11.3 Å². The fourth-order valence-corrected chi connectivity index (χ4v) is 2.07. The molecule has 0 bridgehead atoms. The van der Waals surface area contributed by atoms with E-state index in [0.29, 0.717) is 11.9 Å². The normalized spacial score (nSPS) is 10.2. The van der Waals surface area contributed by atoms with E-state index >= 15 is 0 Å². The van der Waals surface area contributed by atoms with E-state index in [1.165, 1.54) is 6.07 Å². The fourth-order valence-electron chi connectivity index (χ4n) is 2.07. The molecule has 0 saturated heterocycles. The molecule has 0 spiro atoms. The molecular weight excluding hydrogens is 290 g/mol. The van der Waals surface area contributed by atoms with Crippen LogP contribution in [0.5, 0.6) is 0 Å². The highest BCUT2D eigenvalue weighted by Crippen LogP contribution is 2.09. The van der Waals surface area contributed by atoms with Gasteiger partial charge in [0.2, 0.25) is 5.91 Å². The molecule has 2 aromatic rings. The van der Waals surface area contributed by atoms with E-state index in [9.17, 15) is 9.59 Å². The van der Waals surface area contributed by atoms with Crippen LogP contribution in [0.1, 0.15) is 0 Å². The van der Waals surface area contributed by atoms with Gasteiger partial charge >= 0.3 is 0 Å². The zero-order valence-corrected chi connectivity index (χ0v) is 13.0. The summed E-state index contributed by atoms with van der Waals surface area (Å²) in [6, 6.07) is 8.84. The third-order valence-corrected chi connectivity index (χ3v) is 3.31. The Morgan fingerprint density at radius 3 is 2.71 bits per heavy atom. The molecule has 1 heterocycles. The Balaban J connectivity index is 0.00000220. The van der Waals surface area contributed by atoms with Crippen molar-refractivity contribution in [1.29, 1.82) is 0 Å². The lowest BCUT2D eigenvalue weighted by Crippen LogP contribution is -2.35. The number of halogens is 1. The van der Waals surface area contributed by atoms with Gasteiger partial charge in [0.1, 0.15) is 6.54 Å². The number of nitrogens with one attached hydrogen (secondary N) is 1. The van der Waals surface area contributed by atoms with E-state index in [1.54, 1.807) is 24.2 Å². The standard InChI is InChI=1S/C15H19N3O2.ClH/c1-16-8-10-17(2)15(20)11-18-9-7-14(19)12-5-3-4-6-13(12)18;/h3-7,9,16H,8,10-11H2,1-2H3;1H. The summed E-state index contributed by atoms with van der Waals surface area (Å²) in [5.74, 6) is 0.0223. The summed E-state index contributed by atoms with van der Waals surface area (Å²) in [6.07, 6.45) is 1.68. The fraction of sp³-hybridized carbons (Fsp3) is 0.333. The van der Waals surface area contributed by atoms with E-state index in [-0.39, 0.29) is 30.3 Å². The van der Waals surface area contributed by atoms with E-state index in [2.05, 4.69) is 5.32 Å². The molecule has 1 aromatic carbocycles. The molecule has 114 valence electrons. The van der Waals surface area contributed by atoms with Crippen LogP contribution in [0.2, 0.25) is 0 Å². The van der Waals surface area contributed by atoms with Crippen molar-refractivity contribution in [2.45, 2.75) is 6.54 Å². The van der Waals surface area contributed by atoms with Gasteiger partial charge in [0, 0.05) is 37.8 Å². The summed E-state index contributed by atoms with van der Waals surface area (Å²) < 4.78 is 1.81. The third kappa shape index (κ3) is 4.06. The molecule has 0 unspecified atom stereocenters. The quantitative estimate of drug-likeness (QED) is 0.900. The number of carbonyl (C=O) groups is 1. The lowest BCUT2D eigenvalue weighted by molar-refractivity contribution is -0.130. The molecule has 1 amide bonds. The monoisotopic (exact) mass is 309 g/mol. The highest BCUT2D eigenvalue weighted by Gasteiger charge is 2.10. The molecule has 0 aliphatic heterocycles. The lowest BCUT2D eigenvalue weighted by atomic mass is 10.2. The van der Waals surface area contributed by atoms with Crippen LogP contribution in [0.15, 0.2) is 41.3 Å². The molecule has 0 fully saturated rings. The molecule has 0 saturated carbocycles. The molecule has 0 aliphatic carbocycles. The van der Waals surface area contributed by atoms with Gasteiger partial charge in [0.15, 0.2) is 5.43 Å². The van der Waals surface area contributed by atoms with Crippen LogP contribution >= 0.6 is 12.4 Å². The van der Waals surface area contributed by atoms with Gasteiger partial charge in [0.05, 0.1) is 5.52 Å². The zero-order valence-electron chi connectivity index (χ0n) is 12.2. The maximum Gasteiger partial charge on any atom is 0.242 e. The van der Waals surface area contributed by atoms with Crippen molar-refractivity contribution in [2.75, 3.05) is 27.2 Å². The maximum atomic E-state index is 12.1. The lowest BCUT2D eigenvalue weighted by Gasteiger charge is -2.18. The summed E-state index contributed by atoms with van der Waals surface area (Å²) in [5, 5.41) is 3.65. The smallest absolute Gasteiger partial charge is 0.242 e. The van der Waals surface area contributed by atoms with Gasteiger partial charge in [-0.1, -0.05) is 12.1 Å². The largest absolute Gasteiger partial charge is 0.343 e.